The maximum absolute atomic E-state index is 11.6. The molecular formula is C16H16N2O2S2. The second kappa shape index (κ2) is 7.82. The highest BCUT2D eigenvalue weighted by Crippen LogP contribution is 2.19. The largest absolute Gasteiger partial charge is 0.462 e. The number of thiol groups is 1. The minimum absolute atomic E-state index is 0.334. The van der Waals surface area contributed by atoms with Crippen LogP contribution in [0.15, 0.2) is 53.4 Å². The number of carbonyl (C=O) groups is 1. The molecule has 0 bridgehead atoms. The molecule has 0 amide bonds. The predicted molar refractivity (Wildman–Crippen MR) is 95.9 cm³/mol. The fourth-order valence-electron chi connectivity index (χ4n) is 1.77. The molecule has 0 aromatic heterocycles. The number of rotatable bonds is 4. The van der Waals surface area contributed by atoms with Crippen LogP contribution in [0.5, 0.6) is 0 Å². The first-order valence-corrected chi connectivity index (χ1v) is 7.59. The summed E-state index contributed by atoms with van der Waals surface area (Å²) in [6.07, 6.45) is 0. The van der Waals surface area contributed by atoms with Gasteiger partial charge in [-0.25, -0.2) is 4.79 Å². The lowest BCUT2D eigenvalue weighted by molar-refractivity contribution is 0.0526. The van der Waals surface area contributed by atoms with Gasteiger partial charge in [0.1, 0.15) is 0 Å². The summed E-state index contributed by atoms with van der Waals surface area (Å²) in [5.41, 5.74) is 2.11. The van der Waals surface area contributed by atoms with Gasteiger partial charge in [-0.3, -0.25) is 0 Å². The van der Waals surface area contributed by atoms with Crippen molar-refractivity contribution in [3.8, 4) is 0 Å². The van der Waals surface area contributed by atoms with E-state index in [4.69, 9.17) is 17.0 Å². The highest BCUT2D eigenvalue weighted by molar-refractivity contribution is 7.81. The number of anilines is 2. The van der Waals surface area contributed by atoms with Gasteiger partial charge in [0.25, 0.3) is 0 Å². The number of carbonyl (C=O) groups excluding carboxylic acids is 1. The standard InChI is InChI=1S/C16H16N2O2S2/c1-2-20-15(19)11-7-9-12(10-8-11)17-16(22)18-13-5-3-4-6-14(13)21/h3-10,21H,2H2,1H3,(H2,17,18,22). The Hall–Kier alpha value is -2.05. The molecule has 2 rings (SSSR count). The number of benzene rings is 2. The van der Waals surface area contributed by atoms with Gasteiger partial charge in [-0.2, -0.15) is 0 Å². The Morgan fingerprint density at radius 2 is 1.82 bits per heavy atom. The van der Waals surface area contributed by atoms with E-state index in [1.54, 1.807) is 31.2 Å². The first-order valence-electron chi connectivity index (χ1n) is 6.73. The number of thiocarbonyl (C=S) groups is 1. The molecular weight excluding hydrogens is 316 g/mol. The zero-order valence-electron chi connectivity index (χ0n) is 12.0. The lowest BCUT2D eigenvalue weighted by Crippen LogP contribution is -2.19. The SMILES string of the molecule is CCOC(=O)c1ccc(NC(=S)Nc2ccccc2S)cc1. The third-order valence-electron chi connectivity index (χ3n) is 2.81. The number of para-hydroxylation sites is 1. The molecule has 2 aromatic carbocycles. The number of hydrogen-bond acceptors (Lipinski definition) is 4. The Bertz CT molecular complexity index is 672. The number of nitrogens with one attached hydrogen (secondary N) is 2. The van der Waals surface area contributed by atoms with Crippen molar-refractivity contribution in [1.82, 2.24) is 0 Å². The molecule has 2 N–H and O–H groups in total. The van der Waals surface area contributed by atoms with Gasteiger partial charge in [-0.15, -0.1) is 12.6 Å². The van der Waals surface area contributed by atoms with Crippen LogP contribution in [-0.4, -0.2) is 17.7 Å². The van der Waals surface area contributed by atoms with Crippen molar-refractivity contribution in [1.29, 1.82) is 0 Å². The van der Waals surface area contributed by atoms with Crippen molar-refractivity contribution >= 4 is 47.3 Å². The van der Waals surface area contributed by atoms with Gasteiger partial charge in [0.2, 0.25) is 0 Å². The molecule has 0 fully saturated rings. The van der Waals surface area contributed by atoms with E-state index in [0.717, 1.165) is 16.3 Å². The smallest absolute Gasteiger partial charge is 0.338 e. The van der Waals surface area contributed by atoms with Gasteiger partial charge < -0.3 is 15.4 Å². The molecule has 4 nitrogen and oxygen atoms in total. The monoisotopic (exact) mass is 332 g/mol. The fourth-order valence-corrected chi connectivity index (χ4v) is 2.21. The van der Waals surface area contributed by atoms with Crippen LogP contribution in [0.1, 0.15) is 17.3 Å². The van der Waals surface area contributed by atoms with Gasteiger partial charge in [0.15, 0.2) is 5.11 Å². The number of esters is 1. The summed E-state index contributed by atoms with van der Waals surface area (Å²) < 4.78 is 4.94. The van der Waals surface area contributed by atoms with Crippen molar-refractivity contribution in [2.24, 2.45) is 0 Å². The third-order valence-corrected chi connectivity index (χ3v) is 3.40. The van der Waals surface area contributed by atoms with E-state index in [1.807, 2.05) is 24.3 Å². The average molecular weight is 332 g/mol. The van der Waals surface area contributed by atoms with Crippen LogP contribution >= 0.6 is 24.8 Å². The van der Waals surface area contributed by atoms with E-state index < -0.39 is 0 Å². The second-order valence-corrected chi connectivity index (χ2v) is 5.28. The van der Waals surface area contributed by atoms with E-state index >= 15 is 0 Å². The summed E-state index contributed by atoms with van der Waals surface area (Å²) in [7, 11) is 0. The molecule has 0 saturated heterocycles. The van der Waals surface area contributed by atoms with Crippen LogP contribution in [0.25, 0.3) is 0 Å². The Balaban J connectivity index is 1.97. The van der Waals surface area contributed by atoms with Gasteiger partial charge in [-0.1, -0.05) is 12.1 Å². The van der Waals surface area contributed by atoms with E-state index in [0.29, 0.717) is 17.3 Å². The van der Waals surface area contributed by atoms with Crippen LogP contribution in [0.3, 0.4) is 0 Å². The van der Waals surface area contributed by atoms with Crippen LogP contribution in [0.4, 0.5) is 11.4 Å². The summed E-state index contributed by atoms with van der Waals surface area (Å²) in [5, 5.41) is 6.57. The van der Waals surface area contributed by atoms with E-state index in [2.05, 4.69) is 23.3 Å². The molecule has 0 saturated carbocycles. The minimum atomic E-state index is -0.334. The molecule has 0 spiro atoms. The topological polar surface area (TPSA) is 50.4 Å². The first-order chi connectivity index (χ1) is 10.6. The summed E-state index contributed by atoms with van der Waals surface area (Å²) in [6.45, 7) is 2.13. The van der Waals surface area contributed by atoms with Crippen molar-refractivity contribution in [2.45, 2.75) is 11.8 Å². The molecule has 0 aliphatic carbocycles. The number of hydrogen-bond donors (Lipinski definition) is 3. The summed E-state index contributed by atoms with van der Waals surface area (Å²) in [5.74, 6) is -0.334. The number of ether oxygens (including phenoxy) is 1. The molecule has 2 aromatic rings. The first kappa shape index (κ1) is 16.3. The average Bonchev–Trinajstić information content (AvgIpc) is 2.50. The van der Waals surface area contributed by atoms with Gasteiger partial charge in [-0.05, 0) is 55.5 Å². The van der Waals surface area contributed by atoms with Crippen LogP contribution in [0.2, 0.25) is 0 Å². The minimum Gasteiger partial charge on any atom is -0.462 e. The lowest BCUT2D eigenvalue weighted by Gasteiger charge is -2.12. The van der Waals surface area contributed by atoms with Gasteiger partial charge in [0.05, 0.1) is 17.9 Å². The van der Waals surface area contributed by atoms with Gasteiger partial charge in [0, 0.05) is 10.6 Å². The second-order valence-electron chi connectivity index (χ2n) is 4.39. The van der Waals surface area contributed by atoms with Crippen molar-refractivity contribution in [2.75, 3.05) is 17.2 Å². The van der Waals surface area contributed by atoms with Crippen LogP contribution in [-0.2, 0) is 4.74 Å². The van der Waals surface area contributed by atoms with Gasteiger partial charge >= 0.3 is 5.97 Å². The van der Waals surface area contributed by atoms with Crippen LogP contribution < -0.4 is 10.6 Å². The molecule has 0 aliphatic rings. The molecule has 0 heterocycles. The quantitative estimate of drug-likeness (QED) is 0.449. The fraction of sp³-hybridized carbons (Fsp3) is 0.125. The normalized spacial score (nSPS) is 9.91. The van der Waals surface area contributed by atoms with E-state index in [1.165, 1.54) is 0 Å². The zero-order chi connectivity index (χ0) is 15.9. The molecule has 0 radical (unpaired) electrons. The predicted octanol–water partition coefficient (Wildman–Crippen LogP) is 3.96. The molecule has 0 aliphatic heterocycles. The lowest BCUT2D eigenvalue weighted by atomic mass is 10.2. The molecule has 0 unspecified atom stereocenters. The summed E-state index contributed by atoms with van der Waals surface area (Å²) in [6, 6.07) is 14.5. The molecule has 0 atom stereocenters. The Labute approximate surface area is 140 Å². The third kappa shape index (κ3) is 4.47. The Morgan fingerprint density at radius 3 is 2.45 bits per heavy atom. The van der Waals surface area contributed by atoms with Crippen molar-refractivity contribution < 1.29 is 9.53 Å². The van der Waals surface area contributed by atoms with E-state index in [9.17, 15) is 4.79 Å². The van der Waals surface area contributed by atoms with Crippen molar-refractivity contribution in [3.63, 3.8) is 0 Å². The van der Waals surface area contributed by atoms with Crippen LogP contribution in [0, 0.1) is 0 Å². The Morgan fingerprint density at radius 1 is 1.14 bits per heavy atom. The summed E-state index contributed by atoms with van der Waals surface area (Å²) in [4.78, 5) is 12.4. The maximum atomic E-state index is 11.6. The highest BCUT2D eigenvalue weighted by Gasteiger charge is 2.06. The molecule has 6 heteroatoms. The van der Waals surface area contributed by atoms with E-state index in [-0.39, 0.29) is 5.97 Å². The molecule has 114 valence electrons. The van der Waals surface area contributed by atoms with Crippen molar-refractivity contribution in [3.05, 3.63) is 54.1 Å². The highest BCUT2D eigenvalue weighted by atomic mass is 32.1. The Kier molecular flexibility index (Phi) is 5.80. The maximum Gasteiger partial charge on any atom is 0.338 e. The summed E-state index contributed by atoms with van der Waals surface area (Å²) >= 11 is 9.61. The molecule has 22 heavy (non-hydrogen) atoms. The zero-order valence-corrected chi connectivity index (χ0v) is 13.7.